The fourth-order valence-electron chi connectivity index (χ4n) is 1.01. The normalized spacial score (nSPS) is 22.0. The molecule has 2 rings (SSSR count). The minimum atomic E-state index is 0.392. The number of hydrazine groups is 2. The van der Waals surface area contributed by atoms with Crippen molar-refractivity contribution >= 4 is 11.8 Å². The topological polar surface area (TPSA) is 61.9 Å². The van der Waals surface area contributed by atoms with Gasteiger partial charge in [0, 0.05) is 18.9 Å². The third-order valence-electron chi connectivity index (χ3n) is 1.64. The summed E-state index contributed by atoms with van der Waals surface area (Å²) in [6.45, 7) is 0.914. The van der Waals surface area contributed by atoms with Crippen LogP contribution in [0.25, 0.3) is 0 Å². The highest BCUT2D eigenvalue weighted by molar-refractivity contribution is 7.99. The van der Waals surface area contributed by atoms with Gasteiger partial charge in [-0.3, -0.25) is 0 Å². The summed E-state index contributed by atoms with van der Waals surface area (Å²) in [5.41, 5.74) is 8.91. The molecular formula is C7H11N5S. The van der Waals surface area contributed by atoms with Crippen LogP contribution in [0.3, 0.4) is 0 Å². The molecule has 13 heavy (non-hydrogen) atoms. The molecule has 1 atom stereocenters. The number of rotatable bonds is 3. The van der Waals surface area contributed by atoms with Gasteiger partial charge in [-0.05, 0) is 6.07 Å². The molecule has 0 amide bonds. The molecule has 0 aliphatic carbocycles. The molecule has 0 saturated carbocycles. The zero-order valence-electron chi connectivity index (χ0n) is 7.03. The standard InChI is InChI=1S/C7H11N5S/c1-2-8-6(9-3-1)5-13-7-4-10-12-11-7/h1-3,7,10-12H,4-5H2. The number of hydrogen-bond donors (Lipinski definition) is 3. The molecule has 1 aliphatic heterocycles. The largest absolute Gasteiger partial charge is 0.242 e. The lowest BCUT2D eigenvalue weighted by molar-refractivity contribution is 0.586. The summed E-state index contributed by atoms with van der Waals surface area (Å²) < 4.78 is 0. The maximum atomic E-state index is 4.14. The zero-order valence-corrected chi connectivity index (χ0v) is 7.84. The van der Waals surface area contributed by atoms with Crippen molar-refractivity contribution in [1.29, 1.82) is 0 Å². The van der Waals surface area contributed by atoms with Crippen LogP contribution in [0.4, 0.5) is 0 Å². The first-order chi connectivity index (χ1) is 6.45. The highest BCUT2D eigenvalue weighted by atomic mass is 32.2. The van der Waals surface area contributed by atoms with Gasteiger partial charge in [-0.1, -0.05) is 0 Å². The first-order valence-corrected chi connectivity index (χ1v) is 5.11. The second-order valence-electron chi connectivity index (χ2n) is 2.61. The molecule has 1 aromatic rings. The highest BCUT2D eigenvalue weighted by Crippen LogP contribution is 2.13. The van der Waals surface area contributed by atoms with Crippen LogP contribution < -0.4 is 16.4 Å². The second kappa shape index (κ2) is 4.52. The van der Waals surface area contributed by atoms with Crippen LogP contribution in [0.5, 0.6) is 0 Å². The van der Waals surface area contributed by atoms with Crippen molar-refractivity contribution in [2.75, 3.05) is 6.54 Å². The van der Waals surface area contributed by atoms with E-state index in [0.29, 0.717) is 5.37 Å². The van der Waals surface area contributed by atoms with E-state index in [0.717, 1.165) is 18.1 Å². The van der Waals surface area contributed by atoms with Gasteiger partial charge in [0.25, 0.3) is 0 Å². The van der Waals surface area contributed by atoms with E-state index >= 15 is 0 Å². The summed E-state index contributed by atoms with van der Waals surface area (Å²) in [5, 5.41) is 0.392. The molecule has 1 aliphatic rings. The number of hydrogen-bond acceptors (Lipinski definition) is 6. The Morgan fingerprint density at radius 1 is 1.46 bits per heavy atom. The van der Waals surface area contributed by atoms with Gasteiger partial charge in [0.15, 0.2) is 0 Å². The minimum Gasteiger partial charge on any atom is -0.242 e. The summed E-state index contributed by atoms with van der Waals surface area (Å²) >= 11 is 1.78. The smallest absolute Gasteiger partial charge is 0.138 e. The maximum absolute atomic E-state index is 4.14. The quantitative estimate of drug-likeness (QED) is 0.615. The first kappa shape index (κ1) is 8.89. The van der Waals surface area contributed by atoms with E-state index in [2.05, 4.69) is 26.4 Å². The monoisotopic (exact) mass is 197 g/mol. The third-order valence-corrected chi connectivity index (χ3v) is 2.75. The van der Waals surface area contributed by atoms with Crippen LogP contribution in [0.15, 0.2) is 18.5 Å². The maximum Gasteiger partial charge on any atom is 0.138 e. The Labute approximate surface area is 80.7 Å². The Bertz CT molecular complexity index is 248. The summed E-state index contributed by atoms with van der Waals surface area (Å²) in [4.78, 5) is 8.28. The SMILES string of the molecule is c1cnc(CSC2CNNN2)nc1. The van der Waals surface area contributed by atoms with Crippen molar-refractivity contribution < 1.29 is 0 Å². The molecule has 70 valence electrons. The summed E-state index contributed by atoms with van der Waals surface area (Å²) in [5.74, 6) is 1.71. The Balaban J connectivity index is 1.79. The van der Waals surface area contributed by atoms with Crippen LogP contribution in [0.1, 0.15) is 5.82 Å². The van der Waals surface area contributed by atoms with Crippen molar-refractivity contribution in [1.82, 2.24) is 26.4 Å². The van der Waals surface area contributed by atoms with Gasteiger partial charge in [-0.2, -0.15) is 5.53 Å². The zero-order chi connectivity index (χ0) is 8.93. The molecule has 5 nitrogen and oxygen atoms in total. The van der Waals surface area contributed by atoms with Crippen molar-refractivity contribution in [3.8, 4) is 0 Å². The Kier molecular flexibility index (Phi) is 3.09. The van der Waals surface area contributed by atoms with Gasteiger partial charge in [0.05, 0.1) is 11.1 Å². The Hall–Kier alpha value is -0.690. The lowest BCUT2D eigenvalue weighted by atomic mass is 10.6. The van der Waals surface area contributed by atoms with Gasteiger partial charge in [0.2, 0.25) is 0 Å². The van der Waals surface area contributed by atoms with Crippen molar-refractivity contribution in [3.63, 3.8) is 0 Å². The minimum absolute atomic E-state index is 0.392. The van der Waals surface area contributed by atoms with E-state index in [1.54, 1.807) is 24.2 Å². The lowest BCUT2D eigenvalue weighted by Crippen LogP contribution is -2.32. The van der Waals surface area contributed by atoms with Gasteiger partial charge in [-0.25, -0.2) is 20.8 Å². The van der Waals surface area contributed by atoms with E-state index in [4.69, 9.17) is 0 Å². The summed E-state index contributed by atoms with van der Waals surface area (Å²) in [7, 11) is 0. The molecule has 1 saturated heterocycles. The fourth-order valence-corrected chi connectivity index (χ4v) is 1.85. The fraction of sp³-hybridized carbons (Fsp3) is 0.429. The average Bonchev–Trinajstić information content (AvgIpc) is 2.69. The Morgan fingerprint density at radius 2 is 2.31 bits per heavy atom. The molecule has 6 heteroatoms. The summed E-state index contributed by atoms with van der Waals surface area (Å²) in [6.07, 6.45) is 3.53. The van der Waals surface area contributed by atoms with E-state index in [1.807, 2.05) is 6.07 Å². The van der Waals surface area contributed by atoms with Crippen molar-refractivity contribution in [3.05, 3.63) is 24.3 Å². The van der Waals surface area contributed by atoms with E-state index < -0.39 is 0 Å². The lowest BCUT2D eigenvalue weighted by Gasteiger charge is -2.05. The number of aromatic nitrogens is 2. The van der Waals surface area contributed by atoms with E-state index in [-0.39, 0.29) is 0 Å². The van der Waals surface area contributed by atoms with Crippen molar-refractivity contribution in [2.45, 2.75) is 11.1 Å². The van der Waals surface area contributed by atoms with E-state index in [1.165, 1.54) is 0 Å². The molecule has 1 aromatic heterocycles. The highest BCUT2D eigenvalue weighted by Gasteiger charge is 2.13. The van der Waals surface area contributed by atoms with Crippen molar-refractivity contribution in [2.24, 2.45) is 0 Å². The first-order valence-electron chi connectivity index (χ1n) is 4.06. The molecular weight excluding hydrogens is 186 g/mol. The van der Waals surface area contributed by atoms with E-state index in [9.17, 15) is 0 Å². The molecule has 0 spiro atoms. The van der Waals surface area contributed by atoms with Crippen LogP contribution in [0, 0.1) is 0 Å². The molecule has 2 heterocycles. The number of thioether (sulfide) groups is 1. The molecule has 0 bridgehead atoms. The molecule has 0 radical (unpaired) electrons. The molecule has 1 fully saturated rings. The Morgan fingerprint density at radius 3 is 3.00 bits per heavy atom. The second-order valence-corrected chi connectivity index (χ2v) is 3.81. The van der Waals surface area contributed by atoms with Gasteiger partial charge >= 0.3 is 0 Å². The molecule has 1 unspecified atom stereocenters. The number of nitrogens with one attached hydrogen (secondary N) is 3. The predicted octanol–water partition coefficient (Wildman–Crippen LogP) is -0.352. The van der Waals surface area contributed by atoms with Gasteiger partial charge < -0.3 is 0 Å². The van der Waals surface area contributed by atoms with Crippen LogP contribution in [0.2, 0.25) is 0 Å². The van der Waals surface area contributed by atoms with Gasteiger partial charge in [0.1, 0.15) is 5.82 Å². The molecule has 0 aromatic carbocycles. The van der Waals surface area contributed by atoms with Gasteiger partial charge in [-0.15, -0.1) is 11.8 Å². The number of nitrogens with zero attached hydrogens (tertiary/aromatic N) is 2. The third kappa shape index (κ3) is 2.63. The van der Waals surface area contributed by atoms with Crippen LogP contribution >= 0.6 is 11.8 Å². The predicted molar refractivity (Wildman–Crippen MR) is 51.4 cm³/mol. The molecule has 3 N–H and O–H groups in total. The average molecular weight is 197 g/mol. The van der Waals surface area contributed by atoms with Crippen LogP contribution in [-0.2, 0) is 5.75 Å². The summed E-state index contributed by atoms with van der Waals surface area (Å²) in [6, 6.07) is 1.82. The van der Waals surface area contributed by atoms with Crippen LogP contribution in [-0.4, -0.2) is 21.9 Å².